The predicted octanol–water partition coefficient (Wildman–Crippen LogP) is 2.85. The largest absolute Gasteiger partial charge is 0.462 e. The van der Waals surface area contributed by atoms with Gasteiger partial charge in [-0.2, -0.15) is 0 Å². The quantitative estimate of drug-likeness (QED) is 0.731. The average molecular weight is 400 g/mol. The third kappa shape index (κ3) is 3.67. The van der Waals surface area contributed by atoms with Gasteiger partial charge in [0.15, 0.2) is 5.17 Å². The van der Waals surface area contributed by atoms with Gasteiger partial charge in [0.25, 0.3) is 0 Å². The fraction of sp³-hybridized carbons (Fsp3) is 0.400. The van der Waals surface area contributed by atoms with Gasteiger partial charge < -0.3 is 14.5 Å². The molecule has 0 N–H and O–H groups in total. The molecule has 1 aromatic heterocycles. The van der Waals surface area contributed by atoms with Crippen molar-refractivity contribution in [2.24, 2.45) is 16.1 Å². The van der Waals surface area contributed by atoms with Gasteiger partial charge in [-0.3, -0.25) is 0 Å². The van der Waals surface area contributed by atoms with Crippen molar-refractivity contribution in [3.8, 4) is 0 Å². The summed E-state index contributed by atoms with van der Waals surface area (Å²) in [5.74, 6) is 1.70. The number of carbonyl (C=O) groups excluding carboxylic acids is 1. The molecule has 0 bridgehead atoms. The van der Waals surface area contributed by atoms with Crippen LogP contribution in [0.25, 0.3) is 0 Å². The number of hydrogen-bond acceptors (Lipinski definition) is 7. The number of piperazine rings is 1. The monoisotopic (exact) mass is 399 g/mol. The van der Waals surface area contributed by atoms with Gasteiger partial charge in [0.2, 0.25) is 0 Å². The van der Waals surface area contributed by atoms with Crippen molar-refractivity contribution in [2.75, 3.05) is 37.7 Å². The number of hydrogen-bond donors (Lipinski definition) is 0. The summed E-state index contributed by atoms with van der Waals surface area (Å²) in [5.41, 5.74) is 1.52. The third-order valence-electron chi connectivity index (χ3n) is 5.14. The van der Waals surface area contributed by atoms with Crippen LogP contribution in [0.5, 0.6) is 0 Å². The molecule has 0 saturated carbocycles. The molecule has 3 aliphatic rings. The van der Waals surface area contributed by atoms with E-state index in [0.29, 0.717) is 17.3 Å². The Hall–Kier alpha value is -2.67. The second-order valence-corrected chi connectivity index (χ2v) is 7.15. The zero-order valence-corrected chi connectivity index (χ0v) is 16.5. The van der Waals surface area contributed by atoms with Gasteiger partial charge in [-0.15, -0.1) is 10.2 Å². The van der Waals surface area contributed by atoms with Gasteiger partial charge in [-0.25, -0.2) is 9.78 Å². The number of halogens is 1. The molecule has 1 aromatic rings. The van der Waals surface area contributed by atoms with E-state index < -0.39 is 0 Å². The van der Waals surface area contributed by atoms with Crippen LogP contribution in [0.1, 0.15) is 23.7 Å². The molecule has 0 radical (unpaired) electrons. The molecule has 1 atom stereocenters. The predicted molar refractivity (Wildman–Crippen MR) is 110 cm³/mol. The lowest BCUT2D eigenvalue weighted by atomic mass is 9.89. The van der Waals surface area contributed by atoms with Gasteiger partial charge in [0.1, 0.15) is 11.7 Å². The number of carbonyl (C=O) groups is 1. The molecule has 0 amide bonds. The summed E-state index contributed by atoms with van der Waals surface area (Å²) in [6, 6.07) is 3.64. The Bertz CT molecular complexity index is 867. The maximum absolute atomic E-state index is 11.8. The highest BCUT2D eigenvalue weighted by atomic mass is 35.5. The van der Waals surface area contributed by atoms with Crippen LogP contribution in [0, 0.1) is 5.92 Å². The standard InChI is InChI=1S/C20H22ClN5O2/c1-2-28-20(27)14-7-8-17(22-13-14)25-9-11-26(12-10-25)19-16-6-4-3-5-15(16)18(21)23-24-19/h3-5,7-8,13,16H,2,6,9-12H2,1H3. The number of amidine groups is 1. The first-order chi connectivity index (χ1) is 13.7. The van der Waals surface area contributed by atoms with E-state index in [1.54, 1.807) is 19.2 Å². The minimum Gasteiger partial charge on any atom is -0.462 e. The van der Waals surface area contributed by atoms with Crippen LogP contribution in [-0.4, -0.2) is 59.6 Å². The topological polar surface area (TPSA) is 70.4 Å². The van der Waals surface area contributed by atoms with Gasteiger partial charge in [0, 0.05) is 37.9 Å². The summed E-state index contributed by atoms with van der Waals surface area (Å²) in [7, 11) is 0. The lowest BCUT2D eigenvalue weighted by Crippen LogP contribution is -2.51. The lowest BCUT2D eigenvalue weighted by molar-refractivity contribution is 0.0526. The second-order valence-electron chi connectivity index (χ2n) is 6.79. The minimum absolute atomic E-state index is 0.184. The van der Waals surface area contributed by atoms with Crippen LogP contribution in [0.4, 0.5) is 5.82 Å². The molecule has 4 rings (SSSR count). The summed E-state index contributed by atoms with van der Waals surface area (Å²) in [6.45, 7) is 5.46. The van der Waals surface area contributed by atoms with Gasteiger partial charge >= 0.3 is 5.97 Å². The van der Waals surface area contributed by atoms with Crippen LogP contribution in [0.3, 0.4) is 0 Å². The number of pyridine rings is 1. The molecule has 1 fully saturated rings. The average Bonchev–Trinajstić information content (AvgIpc) is 2.75. The van der Waals surface area contributed by atoms with Crippen molar-refractivity contribution in [1.29, 1.82) is 0 Å². The Kier molecular flexibility index (Phi) is 5.43. The molecular weight excluding hydrogens is 378 g/mol. The van der Waals surface area contributed by atoms with Crippen LogP contribution in [0.2, 0.25) is 0 Å². The molecule has 1 unspecified atom stereocenters. The molecular formula is C20H22ClN5O2. The van der Waals surface area contributed by atoms with Crippen molar-refractivity contribution in [2.45, 2.75) is 13.3 Å². The number of rotatable bonds is 3. The maximum Gasteiger partial charge on any atom is 0.339 e. The van der Waals surface area contributed by atoms with Gasteiger partial charge in [-0.05, 0) is 25.5 Å². The van der Waals surface area contributed by atoms with Crippen molar-refractivity contribution in [3.05, 3.63) is 47.7 Å². The summed E-state index contributed by atoms with van der Waals surface area (Å²) >= 11 is 6.23. The summed E-state index contributed by atoms with van der Waals surface area (Å²) in [4.78, 5) is 20.7. The zero-order chi connectivity index (χ0) is 19.5. The SMILES string of the molecule is CCOC(=O)c1ccc(N2CCN(C3=NN=C(Cl)C4=CC=CCC43)CC2)nc1. The zero-order valence-electron chi connectivity index (χ0n) is 15.7. The Balaban J connectivity index is 1.40. The lowest BCUT2D eigenvalue weighted by Gasteiger charge is -2.40. The number of fused-ring (bicyclic) bond motifs is 1. The number of allylic oxidation sites excluding steroid dienone is 3. The normalized spacial score (nSPS) is 21.5. The van der Waals surface area contributed by atoms with E-state index in [9.17, 15) is 4.79 Å². The number of anilines is 1. The molecule has 8 heteroatoms. The molecule has 0 spiro atoms. The Morgan fingerprint density at radius 3 is 2.71 bits per heavy atom. The number of ether oxygens (including phenoxy) is 1. The van der Waals surface area contributed by atoms with Crippen LogP contribution in [-0.2, 0) is 4.74 Å². The highest BCUT2D eigenvalue weighted by Gasteiger charge is 2.32. The molecule has 3 heterocycles. The smallest absolute Gasteiger partial charge is 0.339 e. The van der Waals surface area contributed by atoms with Crippen molar-refractivity contribution < 1.29 is 9.53 Å². The van der Waals surface area contributed by atoms with E-state index in [0.717, 1.165) is 49.8 Å². The Morgan fingerprint density at radius 1 is 1.21 bits per heavy atom. The molecule has 7 nitrogen and oxygen atoms in total. The van der Waals surface area contributed by atoms with Crippen LogP contribution in [0.15, 0.2) is 52.3 Å². The molecule has 2 aliphatic heterocycles. The number of aromatic nitrogens is 1. The Morgan fingerprint density at radius 2 is 2.00 bits per heavy atom. The van der Waals surface area contributed by atoms with E-state index >= 15 is 0 Å². The molecule has 0 aromatic carbocycles. The fourth-order valence-electron chi connectivity index (χ4n) is 3.67. The fourth-order valence-corrected chi connectivity index (χ4v) is 3.90. The molecule has 1 saturated heterocycles. The van der Waals surface area contributed by atoms with E-state index in [2.05, 4.69) is 31.1 Å². The van der Waals surface area contributed by atoms with Gasteiger partial charge in [-0.1, -0.05) is 29.8 Å². The van der Waals surface area contributed by atoms with E-state index in [4.69, 9.17) is 16.3 Å². The Labute approximate surface area is 169 Å². The van der Waals surface area contributed by atoms with Crippen molar-refractivity contribution in [3.63, 3.8) is 0 Å². The van der Waals surface area contributed by atoms with Crippen molar-refractivity contribution >= 4 is 34.4 Å². The van der Waals surface area contributed by atoms with E-state index in [1.165, 1.54) is 0 Å². The van der Waals surface area contributed by atoms with Crippen molar-refractivity contribution in [1.82, 2.24) is 9.88 Å². The first-order valence-corrected chi connectivity index (χ1v) is 9.86. The molecule has 1 aliphatic carbocycles. The summed E-state index contributed by atoms with van der Waals surface area (Å²) in [5, 5.41) is 9.04. The second kappa shape index (κ2) is 8.14. The highest BCUT2D eigenvalue weighted by Crippen LogP contribution is 2.30. The van der Waals surface area contributed by atoms with E-state index in [-0.39, 0.29) is 11.9 Å². The first kappa shape index (κ1) is 18.7. The number of esters is 1. The van der Waals surface area contributed by atoms with E-state index in [1.807, 2.05) is 18.2 Å². The van der Waals surface area contributed by atoms with Crippen LogP contribution >= 0.6 is 11.6 Å². The molecule has 28 heavy (non-hydrogen) atoms. The third-order valence-corrected chi connectivity index (χ3v) is 5.43. The molecule has 146 valence electrons. The minimum atomic E-state index is -0.341. The van der Waals surface area contributed by atoms with Crippen LogP contribution < -0.4 is 4.90 Å². The summed E-state index contributed by atoms with van der Waals surface area (Å²) in [6.07, 6.45) is 8.67. The highest BCUT2D eigenvalue weighted by molar-refractivity contribution is 6.70. The number of nitrogens with zero attached hydrogens (tertiary/aromatic N) is 5. The summed E-state index contributed by atoms with van der Waals surface area (Å²) < 4.78 is 5.00. The maximum atomic E-state index is 11.8. The van der Waals surface area contributed by atoms with Gasteiger partial charge in [0.05, 0.1) is 18.1 Å². The first-order valence-electron chi connectivity index (χ1n) is 9.48.